The number of amides is 1. The van der Waals surface area contributed by atoms with Crippen LogP contribution in [0.2, 0.25) is 0 Å². The summed E-state index contributed by atoms with van der Waals surface area (Å²) in [5.41, 5.74) is 3.25. The molecule has 3 heterocycles. The molecule has 0 aliphatic heterocycles. The molecule has 23 heavy (non-hydrogen) atoms. The van der Waals surface area contributed by atoms with Crippen LogP contribution in [0.15, 0.2) is 29.1 Å². The number of thiophene rings is 1. The number of aromatic nitrogens is 3. The fourth-order valence-corrected chi connectivity index (χ4v) is 3.66. The Labute approximate surface area is 141 Å². The van der Waals surface area contributed by atoms with Gasteiger partial charge in [-0.15, -0.1) is 22.7 Å². The molecule has 0 saturated heterocycles. The lowest BCUT2D eigenvalue weighted by atomic mass is 10.3. The average molecular weight is 348 g/mol. The minimum absolute atomic E-state index is 0.0464. The van der Waals surface area contributed by atoms with Crippen molar-refractivity contribution in [2.75, 3.05) is 11.9 Å². The average Bonchev–Trinajstić information content (AvgIpc) is 3.28. The highest BCUT2D eigenvalue weighted by molar-refractivity contribution is 7.13. The molecule has 8 heteroatoms. The van der Waals surface area contributed by atoms with E-state index in [4.69, 9.17) is 0 Å². The summed E-state index contributed by atoms with van der Waals surface area (Å²) in [6.07, 6.45) is 0.711. The van der Waals surface area contributed by atoms with Crippen molar-refractivity contribution in [1.29, 1.82) is 0 Å². The number of anilines is 1. The van der Waals surface area contributed by atoms with Crippen LogP contribution in [0.3, 0.4) is 0 Å². The molecule has 0 unspecified atom stereocenters. The number of aliphatic hydroxyl groups excluding tert-OH is 1. The molecule has 6 nitrogen and oxygen atoms in total. The molecule has 0 aliphatic rings. The van der Waals surface area contributed by atoms with Crippen molar-refractivity contribution in [2.45, 2.75) is 19.9 Å². The molecule has 0 fully saturated rings. The van der Waals surface area contributed by atoms with Gasteiger partial charge in [0.1, 0.15) is 16.4 Å². The van der Waals surface area contributed by atoms with E-state index >= 15 is 0 Å². The van der Waals surface area contributed by atoms with Crippen molar-refractivity contribution >= 4 is 34.4 Å². The molecule has 120 valence electrons. The summed E-state index contributed by atoms with van der Waals surface area (Å²) in [6, 6.07) is 5.75. The lowest BCUT2D eigenvalue weighted by Gasteiger charge is -2.07. The highest BCUT2D eigenvalue weighted by Gasteiger charge is 2.17. The molecular weight excluding hydrogens is 332 g/mol. The second-order valence-corrected chi connectivity index (χ2v) is 6.58. The van der Waals surface area contributed by atoms with Crippen LogP contribution in [-0.4, -0.2) is 32.4 Å². The molecule has 0 radical (unpaired) electrons. The summed E-state index contributed by atoms with van der Waals surface area (Å²) in [4.78, 5) is 18.3. The first-order chi connectivity index (χ1) is 11.2. The topological polar surface area (TPSA) is 80.0 Å². The highest BCUT2D eigenvalue weighted by Crippen LogP contribution is 2.26. The Hall–Kier alpha value is -2.03. The van der Waals surface area contributed by atoms with Gasteiger partial charge in [0.25, 0.3) is 5.91 Å². The standard InChI is InChI=1S/C15H16N4O2S2/c1-2-10-14(23-9-16-10)15(21)17-13-8-11(12-4-3-7-22-12)18-19(13)5-6-20/h3-4,7-9,20H,2,5-6H2,1H3,(H,17,21). The Morgan fingerprint density at radius 3 is 3.00 bits per heavy atom. The van der Waals surface area contributed by atoms with E-state index in [9.17, 15) is 9.90 Å². The maximum Gasteiger partial charge on any atom is 0.268 e. The predicted octanol–water partition coefficient (Wildman–Crippen LogP) is 2.88. The van der Waals surface area contributed by atoms with Crippen LogP contribution in [0.1, 0.15) is 22.3 Å². The summed E-state index contributed by atoms with van der Waals surface area (Å²) in [5.74, 6) is 0.379. The number of aliphatic hydroxyl groups is 1. The monoisotopic (exact) mass is 348 g/mol. The van der Waals surface area contributed by atoms with Crippen molar-refractivity contribution in [1.82, 2.24) is 14.8 Å². The second kappa shape index (κ2) is 7.03. The first-order valence-electron chi connectivity index (χ1n) is 7.19. The number of aryl methyl sites for hydroxylation is 1. The zero-order chi connectivity index (χ0) is 16.2. The van der Waals surface area contributed by atoms with Gasteiger partial charge in [0.15, 0.2) is 0 Å². The SMILES string of the molecule is CCc1ncsc1C(=O)Nc1cc(-c2cccs2)nn1CCO. The van der Waals surface area contributed by atoms with Crippen LogP contribution in [0.4, 0.5) is 5.82 Å². The summed E-state index contributed by atoms with van der Waals surface area (Å²) >= 11 is 2.90. The molecule has 0 bridgehead atoms. The Morgan fingerprint density at radius 1 is 1.43 bits per heavy atom. The number of carbonyl (C=O) groups excluding carboxylic acids is 1. The molecule has 0 saturated carbocycles. The zero-order valence-corrected chi connectivity index (χ0v) is 14.2. The van der Waals surface area contributed by atoms with Gasteiger partial charge >= 0.3 is 0 Å². The van der Waals surface area contributed by atoms with E-state index in [0.717, 1.165) is 16.3 Å². The number of hydrogen-bond acceptors (Lipinski definition) is 6. The Morgan fingerprint density at radius 2 is 2.30 bits per heavy atom. The fourth-order valence-electron chi connectivity index (χ4n) is 2.21. The van der Waals surface area contributed by atoms with Crippen LogP contribution in [-0.2, 0) is 13.0 Å². The molecule has 0 spiro atoms. The molecule has 0 atom stereocenters. The zero-order valence-electron chi connectivity index (χ0n) is 12.5. The third kappa shape index (κ3) is 3.34. The number of carbonyl (C=O) groups is 1. The van der Waals surface area contributed by atoms with Gasteiger partial charge in [-0.25, -0.2) is 9.67 Å². The van der Waals surface area contributed by atoms with Crippen molar-refractivity contribution in [3.8, 4) is 10.6 Å². The van der Waals surface area contributed by atoms with E-state index in [1.807, 2.05) is 30.5 Å². The molecule has 3 rings (SSSR count). The minimum Gasteiger partial charge on any atom is -0.394 e. The third-order valence-corrected chi connectivity index (χ3v) is 5.05. The largest absolute Gasteiger partial charge is 0.394 e. The first-order valence-corrected chi connectivity index (χ1v) is 8.95. The van der Waals surface area contributed by atoms with Gasteiger partial charge in [-0.1, -0.05) is 13.0 Å². The molecule has 0 aliphatic carbocycles. The smallest absolute Gasteiger partial charge is 0.268 e. The molecular formula is C15H16N4O2S2. The maximum absolute atomic E-state index is 12.5. The van der Waals surface area contributed by atoms with Crippen LogP contribution >= 0.6 is 22.7 Å². The fraction of sp³-hybridized carbons (Fsp3) is 0.267. The maximum atomic E-state index is 12.5. The summed E-state index contributed by atoms with van der Waals surface area (Å²) < 4.78 is 1.61. The number of hydrogen-bond donors (Lipinski definition) is 2. The van der Waals surface area contributed by atoms with Crippen LogP contribution in [0, 0.1) is 0 Å². The Bertz CT molecular complexity index is 792. The molecule has 0 aromatic carbocycles. The van der Waals surface area contributed by atoms with E-state index in [-0.39, 0.29) is 12.5 Å². The Kier molecular flexibility index (Phi) is 4.85. The van der Waals surface area contributed by atoms with E-state index < -0.39 is 0 Å². The summed E-state index contributed by atoms with van der Waals surface area (Å²) in [6.45, 7) is 2.25. The van der Waals surface area contributed by atoms with Gasteiger partial charge in [0, 0.05) is 6.07 Å². The number of rotatable bonds is 6. The molecule has 3 aromatic heterocycles. The quantitative estimate of drug-likeness (QED) is 0.718. The second-order valence-electron chi connectivity index (χ2n) is 4.77. The van der Waals surface area contributed by atoms with Crippen molar-refractivity contribution in [3.63, 3.8) is 0 Å². The van der Waals surface area contributed by atoms with Gasteiger partial charge in [-0.05, 0) is 17.9 Å². The van der Waals surface area contributed by atoms with Crippen LogP contribution in [0.5, 0.6) is 0 Å². The van der Waals surface area contributed by atoms with Gasteiger partial charge < -0.3 is 10.4 Å². The summed E-state index contributed by atoms with van der Waals surface area (Å²) in [7, 11) is 0. The molecule has 3 aromatic rings. The van der Waals surface area contributed by atoms with Crippen molar-refractivity contribution < 1.29 is 9.90 Å². The third-order valence-electron chi connectivity index (χ3n) is 3.29. The number of nitrogens with one attached hydrogen (secondary N) is 1. The van der Waals surface area contributed by atoms with Gasteiger partial charge in [0.05, 0.1) is 29.2 Å². The van der Waals surface area contributed by atoms with E-state index in [2.05, 4.69) is 15.4 Å². The lowest BCUT2D eigenvalue weighted by Crippen LogP contribution is -2.17. The molecule has 2 N–H and O–H groups in total. The van der Waals surface area contributed by atoms with E-state index in [0.29, 0.717) is 23.7 Å². The van der Waals surface area contributed by atoms with Gasteiger partial charge in [-0.3, -0.25) is 4.79 Å². The predicted molar refractivity (Wildman–Crippen MR) is 92.1 cm³/mol. The Balaban J connectivity index is 1.88. The minimum atomic E-state index is -0.193. The van der Waals surface area contributed by atoms with E-state index in [1.54, 1.807) is 21.5 Å². The number of nitrogens with zero attached hydrogens (tertiary/aromatic N) is 3. The molecule has 1 amide bonds. The van der Waals surface area contributed by atoms with Crippen LogP contribution in [0.25, 0.3) is 10.6 Å². The van der Waals surface area contributed by atoms with E-state index in [1.165, 1.54) is 11.3 Å². The van der Waals surface area contributed by atoms with Gasteiger partial charge in [-0.2, -0.15) is 5.10 Å². The normalized spacial score (nSPS) is 10.9. The van der Waals surface area contributed by atoms with Crippen molar-refractivity contribution in [3.05, 3.63) is 39.7 Å². The highest BCUT2D eigenvalue weighted by atomic mass is 32.1. The van der Waals surface area contributed by atoms with Crippen LogP contribution < -0.4 is 5.32 Å². The first kappa shape index (κ1) is 15.9. The number of thiazole rings is 1. The lowest BCUT2D eigenvalue weighted by molar-refractivity contribution is 0.102. The summed E-state index contributed by atoms with van der Waals surface area (Å²) in [5, 5.41) is 18.5. The van der Waals surface area contributed by atoms with Gasteiger partial charge in [0.2, 0.25) is 0 Å². The van der Waals surface area contributed by atoms with Crippen molar-refractivity contribution in [2.24, 2.45) is 0 Å².